The molecule has 1 saturated heterocycles. The average Bonchev–Trinajstić information content (AvgIpc) is 2.64. The molecule has 0 radical (unpaired) electrons. The third-order valence-corrected chi connectivity index (χ3v) is 4.88. The van der Waals surface area contributed by atoms with Gasteiger partial charge in [0.15, 0.2) is 0 Å². The normalized spacial score (nSPS) is 16.4. The van der Waals surface area contributed by atoms with E-state index in [1.165, 1.54) is 12.1 Å². The fourth-order valence-corrected chi connectivity index (χ4v) is 3.46. The van der Waals surface area contributed by atoms with Gasteiger partial charge in [0.1, 0.15) is 5.82 Å². The molecule has 3 rings (SSSR count). The van der Waals surface area contributed by atoms with Crippen LogP contribution in [0.2, 0.25) is 0 Å². The Morgan fingerprint density at radius 3 is 2.40 bits per heavy atom. The minimum Gasteiger partial charge on any atom is -0.381 e. The van der Waals surface area contributed by atoms with Crippen LogP contribution < -0.4 is 0 Å². The smallest absolute Gasteiger partial charge is 0.229 e. The second-order valence-corrected chi connectivity index (χ2v) is 6.71. The lowest BCUT2D eigenvalue weighted by Crippen LogP contribution is -2.46. The number of halogens is 1. The summed E-state index contributed by atoms with van der Waals surface area (Å²) in [6, 6.07) is 10.3. The second-order valence-electron chi connectivity index (χ2n) is 6.71. The van der Waals surface area contributed by atoms with Crippen LogP contribution in [0.25, 0.3) is 0 Å². The molecule has 1 aliphatic heterocycles. The van der Waals surface area contributed by atoms with Crippen molar-refractivity contribution >= 4 is 5.91 Å². The molecule has 4 nitrogen and oxygen atoms in total. The number of hydrogen-bond acceptors (Lipinski definition) is 3. The van der Waals surface area contributed by atoms with Crippen molar-refractivity contribution in [1.82, 2.24) is 9.88 Å². The molecule has 0 unspecified atom stereocenters. The zero-order valence-electron chi connectivity index (χ0n) is 14.5. The Morgan fingerprint density at radius 1 is 1.12 bits per heavy atom. The maximum atomic E-state index is 13.3. The summed E-state index contributed by atoms with van der Waals surface area (Å²) >= 11 is 0. The highest BCUT2D eigenvalue weighted by Crippen LogP contribution is 2.36. The third kappa shape index (κ3) is 4.23. The molecule has 132 valence electrons. The Labute approximate surface area is 147 Å². The predicted octanol–water partition coefficient (Wildman–Crippen LogP) is 3.22. The van der Waals surface area contributed by atoms with Crippen molar-refractivity contribution in [1.29, 1.82) is 0 Å². The van der Waals surface area contributed by atoms with Crippen molar-refractivity contribution in [2.45, 2.75) is 25.8 Å². The number of aromatic nitrogens is 1. The van der Waals surface area contributed by atoms with Gasteiger partial charge in [-0.05, 0) is 54.7 Å². The van der Waals surface area contributed by atoms with Crippen molar-refractivity contribution < 1.29 is 13.9 Å². The molecule has 0 spiro atoms. The summed E-state index contributed by atoms with van der Waals surface area (Å²) in [5.41, 5.74) is 1.54. The summed E-state index contributed by atoms with van der Waals surface area (Å²) in [4.78, 5) is 19.1. The molecule has 5 heteroatoms. The van der Waals surface area contributed by atoms with Crippen LogP contribution in [0.3, 0.4) is 0 Å². The number of hydrogen-bond donors (Lipinski definition) is 0. The summed E-state index contributed by atoms with van der Waals surface area (Å²) in [5.74, 6) is -0.136. The zero-order chi connectivity index (χ0) is 17.7. The fraction of sp³-hybridized carbons (Fsp3) is 0.400. The quantitative estimate of drug-likeness (QED) is 0.838. The largest absolute Gasteiger partial charge is 0.381 e. The van der Waals surface area contributed by atoms with Crippen molar-refractivity contribution in [3.63, 3.8) is 0 Å². The number of nitrogens with zero attached hydrogens (tertiary/aromatic N) is 2. The number of carbonyl (C=O) groups is 1. The van der Waals surface area contributed by atoms with Gasteiger partial charge in [0.2, 0.25) is 5.91 Å². The van der Waals surface area contributed by atoms with E-state index in [0.717, 1.165) is 11.1 Å². The molecule has 0 atom stereocenters. The monoisotopic (exact) mass is 342 g/mol. The number of amides is 1. The Bertz CT molecular complexity index is 697. The second kappa shape index (κ2) is 7.74. The van der Waals surface area contributed by atoms with E-state index in [4.69, 9.17) is 4.74 Å². The molecule has 2 aromatic rings. The maximum absolute atomic E-state index is 13.3. The van der Waals surface area contributed by atoms with Crippen LogP contribution in [0.15, 0.2) is 48.8 Å². The fourth-order valence-electron chi connectivity index (χ4n) is 3.46. The molecule has 0 saturated carbocycles. The first kappa shape index (κ1) is 17.5. The van der Waals surface area contributed by atoms with Crippen molar-refractivity contribution in [3.05, 3.63) is 65.7 Å². The van der Waals surface area contributed by atoms with E-state index in [1.807, 2.05) is 19.2 Å². The van der Waals surface area contributed by atoms with Crippen LogP contribution in [-0.2, 0) is 22.5 Å². The maximum Gasteiger partial charge on any atom is 0.229 e. The molecule has 1 aromatic carbocycles. The molecule has 0 bridgehead atoms. The first-order valence-electron chi connectivity index (χ1n) is 8.56. The van der Waals surface area contributed by atoms with Gasteiger partial charge in [0.25, 0.3) is 0 Å². The highest BCUT2D eigenvalue weighted by Gasteiger charge is 2.41. The summed E-state index contributed by atoms with van der Waals surface area (Å²) < 4.78 is 18.7. The molecular weight excluding hydrogens is 319 g/mol. The van der Waals surface area contributed by atoms with Crippen LogP contribution in [-0.4, -0.2) is 36.1 Å². The van der Waals surface area contributed by atoms with E-state index in [9.17, 15) is 9.18 Å². The minimum absolute atomic E-state index is 0.122. The molecule has 0 N–H and O–H groups in total. The standard InChI is InChI=1S/C20H23FN2O2/c1-23(15-17-6-10-22-11-7-17)19(24)20(8-12-25-13-9-20)14-16-2-4-18(21)5-3-16/h2-7,10-11H,8-9,12-15H2,1H3. The van der Waals surface area contributed by atoms with Gasteiger partial charge in [-0.2, -0.15) is 0 Å². The molecule has 25 heavy (non-hydrogen) atoms. The van der Waals surface area contributed by atoms with Gasteiger partial charge in [-0.1, -0.05) is 12.1 Å². The van der Waals surface area contributed by atoms with Crippen molar-refractivity contribution in [3.8, 4) is 0 Å². The Morgan fingerprint density at radius 2 is 1.76 bits per heavy atom. The van der Waals surface area contributed by atoms with E-state index in [-0.39, 0.29) is 11.7 Å². The highest BCUT2D eigenvalue weighted by atomic mass is 19.1. The Balaban J connectivity index is 1.78. The summed E-state index contributed by atoms with van der Waals surface area (Å²) in [6.45, 7) is 1.71. The number of pyridine rings is 1. The number of carbonyl (C=O) groups excluding carboxylic acids is 1. The van der Waals surface area contributed by atoms with E-state index < -0.39 is 5.41 Å². The van der Waals surface area contributed by atoms with E-state index in [0.29, 0.717) is 39.0 Å². The minimum atomic E-state index is -0.488. The van der Waals surface area contributed by atoms with Crippen LogP contribution in [0.5, 0.6) is 0 Å². The van der Waals surface area contributed by atoms with Gasteiger partial charge in [0, 0.05) is 39.2 Å². The molecule has 0 aliphatic carbocycles. The average molecular weight is 342 g/mol. The first-order valence-corrected chi connectivity index (χ1v) is 8.56. The number of benzene rings is 1. The molecule has 1 amide bonds. The predicted molar refractivity (Wildman–Crippen MR) is 93.3 cm³/mol. The summed E-state index contributed by atoms with van der Waals surface area (Å²) in [6.07, 6.45) is 5.44. The number of rotatable bonds is 5. The molecule has 2 heterocycles. The topological polar surface area (TPSA) is 42.4 Å². The molecular formula is C20H23FN2O2. The van der Waals surface area contributed by atoms with Crippen molar-refractivity contribution in [2.24, 2.45) is 5.41 Å². The summed E-state index contributed by atoms with van der Waals surface area (Å²) in [7, 11) is 1.84. The Hall–Kier alpha value is -2.27. The lowest BCUT2D eigenvalue weighted by molar-refractivity contribution is -0.147. The van der Waals surface area contributed by atoms with Crippen LogP contribution in [0, 0.1) is 11.2 Å². The molecule has 1 aromatic heterocycles. The zero-order valence-corrected chi connectivity index (χ0v) is 14.5. The first-order chi connectivity index (χ1) is 12.1. The van der Waals surface area contributed by atoms with Gasteiger partial charge >= 0.3 is 0 Å². The van der Waals surface area contributed by atoms with Crippen LogP contribution >= 0.6 is 0 Å². The Kier molecular flexibility index (Phi) is 5.43. The van der Waals surface area contributed by atoms with Gasteiger partial charge in [-0.3, -0.25) is 9.78 Å². The number of ether oxygens (including phenoxy) is 1. The summed E-state index contributed by atoms with van der Waals surface area (Å²) in [5, 5.41) is 0. The highest BCUT2D eigenvalue weighted by molar-refractivity contribution is 5.83. The van der Waals surface area contributed by atoms with E-state index in [2.05, 4.69) is 4.98 Å². The SMILES string of the molecule is CN(Cc1ccncc1)C(=O)C1(Cc2ccc(F)cc2)CCOCC1. The van der Waals surface area contributed by atoms with Crippen molar-refractivity contribution in [2.75, 3.05) is 20.3 Å². The van der Waals surface area contributed by atoms with Gasteiger partial charge in [0.05, 0.1) is 5.41 Å². The van der Waals surface area contributed by atoms with Gasteiger partial charge in [-0.15, -0.1) is 0 Å². The van der Waals surface area contributed by atoms with Gasteiger partial charge in [-0.25, -0.2) is 4.39 Å². The lowest BCUT2D eigenvalue weighted by atomic mass is 9.74. The third-order valence-electron chi connectivity index (χ3n) is 4.88. The lowest BCUT2D eigenvalue weighted by Gasteiger charge is -2.39. The van der Waals surface area contributed by atoms with E-state index >= 15 is 0 Å². The molecule has 1 fully saturated rings. The molecule has 1 aliphatic rings. The van der Waals surface area contributed by atoms with Crippen LogP contribution in [0.4, 0.5) is 4.39 Å². The van der Waals surface area contributed by atoms with Crippen LogP contribution in [0.1, 0.15) is 24.0 Å². The van der Waals surface area contributed by atoms with Gasteiger partial charge < -0.3 is 9.64 Å². The van der Waals surface area contributed by atoms with E-state index in [1.54, 1.807) is 29.4 Å².